The van der Waals surface area contributed by atoms with Crippen LogP contribution in [0, 0.1) is 0 Å². The Morgan fingerprint density at radius 3 is 1.31 bits per heavy atom. The van der Waals surface area contributed by atoms with E-state index in [1.807, 2.05) is 54.6 Å². The van der Waals surface area contributed by atoms with Gasteiger partial charge in [-0.25, -0.2) is 0 Å². The summed E-state index contributed by atoms with van der Waals surface area (Å²) in [5.74, 6) is 0. The zero-order valence-corrected chi connectivity index (χ0v) is 17.1. The van der Waals surface area contributed by atoms with Crippen molar-refractivity contribution in [3.63, 3.8) is 0 Å². The second-order valence-electron chi connectivity index (χ2n) is 6.27. The summed E-state index contributed by atoms with van der Waals surface area (Å²) in [5.41, 5.74) is 3.17. The molecule has 2 N–H and O–H groups in total. The molecule has 0 aliphatic heterocycles. The summed E-state index contributed by atoms with van der Waals surface area (Å²) in [4.78, 5) is 0. The predicted octanol–water partition coefficient (Wildman–Crippen LogP) is -4.29. The average molecular weight is 376 g/mol. The van der Waals surface area contributed by atoms with Gasteiger partial charge in [0.1, 0.15) is 0 Å². The molecule has 0 atom stereocenters. The summed E-state index contributed by atoms with van der Waals surface area (Å²) < 4.78 is 4.73. The van der Waals surface area contributed by atoms with Gasteiger partial charge in [0.05, 0.1) is 7.32 Å². The van der Waals surface area contributed by atoms with Crippen LogP contribution in [0.3, 0.4) is 0 Å². The fourth-order valence-corrected chi connectivity index (χ4v) is 3.62. The minimum Gasteiger partial charge on any atom is -0.871 e. The van der Waals surface area contributed by atoms with Gasteiger partial charge in [-0.2, -0.15) is 0 Å². The van der Waals surface area contributed by atoms with Gasteiger partial charge in [0.15, 0.2) is 0 Å². The fraction of sp³-hybridized carbons (Fsp3) is 0.182. The molecule has 4 nitrogen and oxygen atoms in total. The standard InChI is InChI=1S/C22H21BO3.2Li.H2O/c24-23(25)26-18-10-17-22(19-11-4-1-5-12-19,20-13-6-2-7-14-20)21-15-8-3-9-16-21;;;/h1-9,11-16H,10,17-18H2;;;1H2/q-2;2*+1;. The third-order valence-corrected chi connectivity index (χ3v) is 4.75. The maximum absolute atomic E-state index is 10.7. The van der Waals surface area contributed by atoms with Crippen LogP contribution in [0.15, 0.2) is 91.0 Å². The van der Waals surface area contributed by atoms with Gasteiger partial charge in [0, 0.05) is 12.0 Å². The molecule has 0 aliphatic rings. The first-order valence-electron chi connectivity index (χ1n) is 8.83. The third kappa shape index (κ3) is 6.90. The van der Waals surface area contributed by atoms with Crippen molar-refractivity contribution in [1.82, 2.24) is 0 Å². The summed E-state index contributed by atoms with van der Waals surface area (Å²) in [6.07, 6.45) is 1.34. The molecular weight excluding hydrogens is 353 g/mol. The van der Waals surface area contributed by atoms with E-state index in [9.17, 15) is 10.0 Å². The van der Waals surface area contributed by atoms with Gasteiger partial charge in [0.2, 0.25) is 0 Å². The second-order valence-corrected chi connectivity index (χ2v) is 6.27. The Balaban J connectivity index is 0.00000261. The number of benzene rings is 3. The average Bonchev–Trinajstić information content (AvgIpc) is 2.70. The Hall–Kier alpha value is -1.24. The van der Waals surface area contributed by atoms with E-state index in [2.05, 4.69) is 36.4 Å². The molecule has 0 heterocycles. The topological polar surface area (TPSA) is 86.9 Å². The van der Waals surface area contributed by atoms with E-state index in [-0.39, 0.29) is 55.2 Å². The normalized spacial score (nSPS) is 10.1. The van der Waals surface area contributed by atoms with E-state index in [4.69, 9.17) is 4.65 Å². The first-order chi connectivity index (χ1) is 12.7. The van der Waals surface area contributed by atoms with Gasteiger partial charge in [-0.1, -0.05) is 91.0 Å². The fourth-order valence-electron chi connectivity index (χ4n) is 3.62. The summed E-state index contributed by atoms with van der Waals surface area (Å²) >= 11 is 0. The molecule has 3 aromatic rings. The van der Waals surface area contributed by atoms with Crippen molar-refractivity contribution in [1.29, 1.82) is 0 Å². The SMILES string of the molecule is O.[Li+].[Li+].[O-]B([O-])OCCCC(c1ccccc1)(c1ccccc1)c1ccccc1. The van der Waals surface area contributed by atoms with E-state index >= 15 is 0 Å². The van der Waals surface area contributed by atoms with Crippen LogP contribution in [0.25, 0.3) is 0 Å². The molecule has 0 saturated carbocycles. The molecule has 29 heavy (non-hydrogen) atoms. The molecule has 0 aromatic heterocycles. The molecule has 3 rings (SSSR count). The van der Waals surface area contributed by atoms with Gasteiger partial charge in [-0.3, -0.25) is 0 Å². The molecule has 0 amide bonds. The largest absolute Gasteiger partial charge is 1.00 e. The van der Waals surface area contributed by atoms with E-state index in [0.29, 0.717) is 6.42 Å². The molecular formula is C22H23BLi2O4. The quantitative estimate of drug-likeness (QED) is 0.227. The van der Waals surface area contributed by atoms with Gasteiger partial charge >= 0.3 is 37.7 Å². The van der Waals surface area contributed by atoms with Gasteiger partial charge in [-0.05, 0) is 29.5 Å². The second kappa shape index (κ2) is 13.9. The summed E-state index contributed by atoms with van der Waals surface area (Å²) in [6.45, 7) is 0.159. The van der Waals surface area contributed by atoms with Crippen molar-refractivity contribution in [2.75, 3.05) is 6.61 Å². The zero-order chi connectivity index (χ0) is 18.2. The molecule has 0 aliphatic carbocycles. The van der Waals surface area contributed by atoms with Crippen LogP contribution in [-0.2, 0) is 10.1 Å². The maximum Gasteiger partial charge on any atom is 1.00 e. The molecule has 7 heteroatoms. The van der Waals surface area contributed by atoms with Crippen molar-refractivity contribution in [3.05, 3.63) is 108 Å². The molecule has 0 bridgehead atoms. The van der Waals surface area contributed by atoms with Crippen molar-refractivity contribution >= 4 is 7.32 Å². The molecule has 0 unspecified atom stereocenters. The first kappa shape index (κ1) is 27.8. The Labute approximate surface area is 197 Å². The molecule has 140 valence electrons. The Morgan fingerprint density at radius 2 is 1.00 bits per heavy atom. The first-order valence-corrected chi connectivity index (χ1v) is 8.83. The van der Waals surface area contributed by atoms with Crippen LogP contribution in [0.4, 0.5) is 0 Å². The van der Waals surface area contributed by atoms with Crippen LogP contribution >= 0.6 is 0 Å². The van der Waals surface area contributed by atoms with Crippen LogP contribution < -0.4 is 47.8 Å². The van der Waals surface area contributed by atoms with Gasteiger partial charge in [0.25, 0.3) is 0 Å². The van der Waals surface area contributed by atoms with Crippen molar-refractivity contribution < 1.29 is 57.9 Å². The maximum atomic E-state index is 10.7. The van der Waals surface area contributed by atoms with Crippen LogP contribution in [-0.4, -0.2) is 19.4 Å². The Bertz CT molecular complexity index is 693. The van der Waals surface area contributed by atoms with E-state index in [1.54, 1.807) is 0 Å². The van der Waals surface area contributed by atoms with Gasteiger partial charge in [-0.15, -0.1) is 0 Å². The molecule has 0 radical (unpaired) electrons. The predicted molar refractivity (Wildman–Crippen MR) is 104 cm³/mol. The number of rotatable bonds is 8. The minimum atomic E-state index is -2.23. The zero-order valence-electron chi connectivity index (χ0n) is 17.1. The molecule has 0 saturated heterocycles. The monoisotopic (exact) mass is 376 g/mol. The van der Waals surface area contributed by atoms with Gasteiger partial charge < -0.3 is 20.2 Å². The van der Waals surface area contributed by atoms with Crippen LogP contribution in [0.5, 0.6) is 0 Å². The van der Waals surface area contributed by atoms with Crippen molar-refractivity contribution in [3.8, 4) is 0 Å². The number of hydrogen-bond donors (Lipinski definition) is 0. The minimum absolute atomic E-state index is 0. The molecule has 0 spiro atoms. The molecule has 0 fully saturated rings. The van der Waals surface area contributed by atoms with Crippen molar-refractivity contribution in [2.45, 2.75) is 18.3 Å². The molecule has 3 aromatic carbocycles. The van der Waals surface area contributed by atoms with E-state index in [0.717, 1.165) is 6.42 Å². The summed E-state index contributed by atoms with van der Waals surface area (Å²) in [6, 6.07) is 31.0. The summed E-state index contributed by atoms with van der Waals surface area (Å²) in [7, 11) is -2.23. The Kier molecular flexibility index (Phi) is 13.3. The van der Waals surface area contributed by atoms with E-state index < -0.39 is 7.32 Å². The van der Waals surface area contributed by atoms with Crippen LogP contribution in [0.1, 0.15) is 29.5 Å². The van der Waals surface area contributed by atoms with E-state index in [1.165, 1.54) is 16.7 Å². The van der Waals surface area contributed by atoms with Crippen molar-refractivity contribution in [2.24, 2.45) is 0 Å². The van der Waals surface area contributed by atoms with Crippen LogP contribution in [0.2, 0.25) is 0 Å². The summed E-state index contributed by atoms with van der Waals surface area (Å²) in [5, 5.41) is 21.4. The number of hydrogen-bond acceptors (Lipinski definition) is 3. The Morgan fingerprint density at radius 1 is 0.655 bits per heavy atom. The smallest absolute Gasteiger partial charge is 0.871 e. The third-order valence-electron chi connectivity index (χ3n) is 4.75.